The highest BCUT2D eigenvalue weighted by molar-refractivity contribution is 7.14. The summed E-state index contributed by atoms with van der Waals surface area (Å²) < 4.78 is 1.49. The minimum Gasteiger partial charge on any atom is -0.356 e. The normalized spacial score (nSPS) is 12.0. The summed E-state index contributed by atoms with van der Waals surface area (Å²) >= 11 is 7.37. The van der Waals surface area contributed by atoms with Crippen LogP contribution in [0.4, 0.5) is 5.95 Å². The molecule has 0 saturated carbocycles. The smallest absolute Gasteiger partial charge is 0.252 e. The van der Waals surface area contributed by atoms with E-state index in [1.165, 1.54) is 22.2 Å². The van der Waals surface area contributed by atoms with Gasteiger partial charge in [0.05, 0.1) is 12.2 Å². The maximum Gasteiger partial charge on any atom is 0.252 e. The quantitative estimate of drug-likeness (QED) is 0.545. The van der Waals surface area contributed by atoms with Gasteiger partial charge in [-0.3, -0.25) is 4.79 Å². The van der Waals surface area contributed by atoms with E-state index in [0.717, 1.165) is 0 Å². The van der Waals surface area contributed by atoms with Crippen LogP contribution in [0.15, 0.2) is 24.4 Å². The number of hydrogen-bond donors (Lipinski definition) is 2. The first-order chi connectivity index (χ1) is 14.7. The molecule has 0 radical (unpaired) electrons. The molecule has 3 rings (SSSR count). The molecular formula is C20H19ClN8OS. The van der Waals surface area contributed by atoms with Crippen molar-refractivity contribution in [3.8, 4) is 11.2 Å². The summed E-state index contributed by atoms with van der Waals surface area (Å²) in [5.41, 5.74) is 0.184. The third-order valence-electron chi connectivity index (χ3n) is 4.52. The Morgan fingerprint density at radius 3 is 2.77 bits per heavy atom. The second-order valence-corrected chi connectivity index (χ2v) is 8.61. The number of rotatable bonds is 6. The van der Waals surface area contributed by atoms with Gasteiger partial charge in [-0.2, -0.15) is 14.9 Å². The van der Waals surface area contributed by atoms with E-state index in [4.69, 9.17) is 23.4 Å². The molecular weight excluding hydrogens is 436 g/mol. The molecule has 1 atom stereocenters. The van der Waals surface area contributed by atoms with E-state index in [-0.39, 0.29) is 5.91 Å². The zero-order chi connectivity index (χ0) is 22.8. The summed E-state index contributed by atoms with van der Waals surface area (Å²) in [6.45, 7) is 12.7. The number of amides is 1. The summed E-state index contributed by atoms with van der Waals surface area (Å²) in [4.78, 5) is 25.6. The van der Waals surface area contributed by atoms with Gasteiger partial charge in [0.25, 0.3) is 11.4 Å². The fourth-order valence-electron chi connectivity index (χ4n) is 2.75. The van der Waals surface area contributed by atoms with Gasteiger partial charge in [0.2, 0.25) is 11.1 Å². The van der Waals surface area contributed by atoms with Gasteiger partial charge in [0.1, 0.15) is 10.9 Å². The minimum atomic E-state index is -0.809. The monoisotopic (exact) mass is 454 g/mol. The highest BCUT2D eigenvalue weighted by Gasteiger charge is 2.28. The lowest BCUT2D eigenvalue weighted by Gasteiger charge is -2.16. The van der Waals surface area contributed by atoms with Gasteiger partial charge in [0, 0.05) is 37.0 Å². The maximum absolute atomic E-state index is 12.9. The van der Waals surface area contributed by atoms with Crippen LogP contribution < -0.4 is 10.6 Å². The van der Waals surface area contributed by atoms with Crippen molar-refractivity contribution >= 4 is 34.8 Å². The Kier molecular flexibility index (Phi) is 6.25. The average Bonchev–Trinajstić information content (AvgIpc) is 3.39. The predicted octanol–water partition coefficient (Wildman–Crippen LogP) is 3.94. The van der Waals surface area contributed by atoms with Crippen molar-refractivity contribution in [1.82, 2.24) is 25.1 Å². The standard InChI is InChI=1S/C20H19ClN8OS/c1-11(16-27-18(23-4)28-29(16)19-25-10-15(9-22)31-19)26-17(30)12-6-13(8-14(21)7-12)20(2,3)24-5/h6-8,10-11H,1-4H3,(H,23,28)(H,26,30)/t11-/m0/s1. The summed E-state index contributed by atoms with van der Waals surface area (Å²) in [5.74, 6) is 0.434. The van der Waals surface area contributed by atoms with Gasteiger partial charge in [0.15, 0.2) is 5.82 Å². The number of carbonyl (C=O) groups is 1. The van der Waals surface area contributed by atoms with E-state index in [9.17, 15) is 4.79 Å². The molecule has 1 aromatic carbocycles. The number of hydrogen-bond acceptors (Lipinski definition) is 7. The molecule has 0 aliphatic carbocycles. The number of anilines is 1. The van der Waals surface area contributed by atoms with Crippen LogP contribution >= 0.6 is 22.9 Å². The molecule has 0 saturated heterocycles. The maximum atomic E-state index is 12.9. The second-order valence-electron chi connectivity index (χ2n) is 7.17. The highest BCUT2D eigenvalue weighted by atomic mass is 35.5. The van der Waals surface area contributed by atoms with Crippen molar-refractivity contribution in [2.75, 3.05) is 12.4 Å². The molecule has 0 bridgehead atoms. The SMILES string of the molecule is [C-]#[N+]C(C)(C)c1cc(Cl)cc(C(=O)N[C@@H](C)c2nc(NC)nn2-c2ncc(C#N)s2)c1. The Bertz CT molecular complexity index is 1220. The van der Waals surface area contributed by atoms with E-state index in [1.807, 2.05) is 6.07 Å². The van der Waals surface area contributed by atoms with Gasteiger partial charge in [-0.25, -0.2) is 11.6 Å². The fourth-order valence-corrected chi connectivity index (χ4v) is 3.66. The van der Waals surface area contributed by atoms with E-state index in [0.29, 0.717) is 37.9 Å². The van der Waals surface area contributed by atoms with E-state index < -0.39 is 11.6 Å². The van der Waals surface area contributed by atoms with E-state index >= 15 is 0 Å². The highest BCUT2D eigenvalue weighted by Crippen LogP contribution is 2.29. The van der Waals surface area contributed by atoms with Crippen LogP contribution in [0.25, 0.3) is 9.98 Å². The van der Waals surface area contributed by atoms with Crippen LogP contribution in [0.1, 0.15) is 53.4 Å². The summed E-state index contributed by atoms with van der Waals surface area (Å²) in [6, 6.07) is 6.41. The zero-order valence-electron chi connectivity index (χ0n) is 17.3. The van der Waals surface area contributed by atoms with Gasteiger partial charge >= 0.3 is 0 Å². The number of benzene rings is 1. The average molecular weight is 455 g/mol. The molecule has 0 fully saturated rings. The first-order valence-electron chi connectivity index (χ1n) is 9.20. The summed E-state index contributed by atoms with van der Waals surface area (Å²) in [5, 5.41) is 20.0. The van der Waals surface area contributed by atoms with Gasteiger partial charge in [-0.15, -0.1) is 5.10 Å². The Morgan fingerprint density at radius 1 is 1.42 bits per heavy atom. The molecule has 11 heteroatoms. The van der Waals surface area contributed by atoms with Crippen LogP contribution in [0, 0.1) is 17.9 Å². The molecule has 0 spiro atoms. The number of thiazole rings is 1. The number of aromatic nitrogens is 4. The summed E-state index contributed by atoms with van der Waals surface area (Å²) in [7, 11) is 1.68. The molecule has 9 nitrogen and oxygen atoms in total. The van der Waals surface area contributed by atoms with Crippen LogP contribution in [-0.4, -0.2) is 32.7 Å². The van der Waals surface area contributed by atoms with Gasteiger partial charge in [-0.1, -0.05) is 22.9 Å². The lowest BCUT2D eigenvalue weighted by atomic mass is 9.93. The molecule has 3 aromatic rings. The van der Waals surface area contributed by atoms with E-state index in [2.05, 4.69) is 30.5 Å². The summed E-state index contributed by atoms with van der Waals surface area (Å²) in [6.07, 6.45) is 1.46. The van der Waals surface area contributed by atoms with Crippen LogP contribution in [0.2, 0.25) is 5.02 Å². The predicted molar refractivity (Wildman–Crippen MR) is 118 cm³/mol. The Balaban J connectivity index is 1.91. The zero-order valence-corrected chi connectivity index (χ0v) is 18.8. The van der Waals surface area contributed by atoms with Crippen molar-refractivity contribution in [2.24, 2.45) is 0 Å². The molecule has 2 heterocycles. The Labute approximate surface area is 188 Å². The first-order valence-corrected chi connectivity index (χ1v) is 10.4. The lowest BCUT2D eigenvalue weighted by Crippen LogP contribution is -2.29. The molecule has 2 aromatic heterocycles. The molecule has 0 aliphatic rings. The molecule has 1 amide bonds. The van der Waals surface area contributed by atoms with Crippen LogP contribution in [0.5, 0.6) is 0 Å². The molecule has 0 aliphatic heterocycles. The van der Waals surface area contributed by atoms with Crippen molar-refractivity contribution in [3.63, 3.8) is 0 Å². The lowest BCUT2D eigenvalue weighted by molar-refractivity contribution is 0.0937. The van der Waals surface area contributed by atoms with Crippen molar-refractivity contribution < 1.29 is 4.79 Å². The number of halogens is 1. The molecule has 0 unspecified atom stereocenters. The number of nitriles is 1. The minimum absolute atomic E-state index is 0.340. The van der Waals surface area contributed by atoms with Crippen molar-refractivity contribution in [3.05, 3.63) is 62.7 Å². The van der Waals surface area contributed by atoms with Gasteiger partial charge < -0.3 is 15.5 Å². The molecule has 158 valence electrons. The van der Waals surface area contributed by atoms with Crippen molar-refractivity contribution in [2.45, 2.75) is 32.4 Å². The third kappa shape index (κ3) is 4.66. The van der Waals surface area contributed by atoms with E-state index in [1.54, 1.807) is 46.0 Å². The second kappa shape index (κ2) is 8.72. The van der Waals surface area contributed by atoms with Crippen LogP contribution in [0.3, 0.4) is 0 Å². The number of nitrogens with one attached hydrogen (secondary N) is 2. The topological polar surface area (TPSA) is 113 Å². The third-order valence-corrected chi connectivity index (χ3v) is 5.62. The van der Waals surface area contributed by atoms with Gasteiger partial charge in [-0.05, 0) is 25.1 Å². The molecule has 2 N–H and O–H groups in total. The molecule has 31 heavy (non-hydrogen) atoms. The van der Waals surface area contributed by atoms with Crippen LogP contribution in [-0.2, 0) is 5.54 Å². The Hall–Kier alpha value is -3.47. The Morgan fingerprint density at radius 2 is 2.16 bits per heavy atom. The first kappa shape index (κ1) is 22.2. The fraction of sp³-hybridized carbons (Fsp3) is 0.300. The van der Waals surface area contributed by atoms with Crippen molar-refractivity contribution in [1.29, 1.82) is 5.26 Å². The largest absolute Gasteiger partial charge is 0.356 e. The number of nitrogens with zero attached hydrogens (tertiary/aromatic N) is 6. The number of carbonyl (C=O) groups excluding carboxylic acids is 1.